The van der Waals surface area contributed by atoms with E-state index in [0.717, 1.165) is 55.3 Å². The van der Waals surface area contributed by atoms with Gasteiger partial charge in [-0.25, -0.2) is 9.97 Å². The Bertz CT molecular complexity index is 419. The van der Waals surface area contributed by atoms with Gasteiger partial charge >= 0.3 is 0 Å². The molecule has 106 valence electrons. The fourth-order valence-corrected chi connectivity index (χ4v) is 2.24. The van der Waals surface area contributed by atoms with Gasteiger partial charge in [0, 0.05) is 25.6 Å². The third-order valence-corrected chi connectivity index (χ3v) is 3.33. The van der Waals surface area contributed by atoms with E-state index in [1.54, 1.807) is 7.11 Å². The molecule has 5 heteroatoms. The van der Waals surface area contributed by atoms with Crippen LogP contribution < -0.4 is 5.32 Å². The quantitative estimate of drug-likeness (QED) is 0.856. The molecule has 1 unspecified atom stereocenters. The zero-order valence-electron chi connectivity index (χ0n) is 12.0. The molecule has 1 aliphatic heterocycles. The van der Waals surface area contributed by atoms with Crippen molar-refractivity contribution in [3.63, 3.8) is 0 Å². The van der Waals surface area contributed by atoms with Gasteiger partial charge in [0.25, 0.3) is 0 Å². The molecule has 2 rings (SSSR count). The first-order chi connectivity index (χ1) is 9.30. The molecule has 0 saturated heterocycles. The Morgan fingerprint density at radius 3 is 2.89 bits per heavy atom. The molecule has 1 aromatic heterocycles. The molecule has 2 heterocycles. The van der Waals surface area contributed by atoms with Crippen LogP contribution >= 0.6 is 0 Å². The van der Waals surface area contributed by atoms with Gasteiger partial charge in [0.15, 0.2) is 5.82 Å². The summed E-state index contributed by atoms with van der Waals surface area (Å²) in [6.07, 6.45) is 2.76. The molecular weight excluding hydrogens is 242 g/mol. The maximum absolute atomic E-state index is 5.52. The SMILES string of the molecule is CCCNc1nc(C(CC)OC)nc2c1COCC2. The molecule has 1 atom stereocenters. The van der Waals surface area contributed by atoms with Crippen molar-refractivity contribution in [3.8, 4) is 0 Å². The number of nitrogens with zero attached hydrogens (tertiary/aromatic N) is 2. The van der Waals surface area contributed by atoms with Crippen LogP contribution in [0.5, 0.6) is 0 Å². The summed E-state index contributed by atoms with van der Waals surface area (Å²) in [6, 6.07) is 0. The van der Waals surface area contributed by atoms with Crippen LogP contribution in [-0.4, -0.2) is 30.2 Å². The summed E-state index contributed by atoms with van der Waals surface area (Å²) in [5.41, 5.74) is 2.21. The monoisotopic (exact) mass is 265 g/mol. The number of nitrogens with one attached hydrogen (secondary N) is 1. The van der Waals surface area contributed by atoms with Gasteiger partial charge in [0.1, 0.15) is 11.9 Å². The van der Waals surface area contributed by atoms with Crippen LogP contribution in [0.25, 0.3) is 0 Å². The molecule has 0 saturated carbocycles. The Morgan fingerprint density at radius 2 is 2.21 bits per heavy atom. The second kappa shape index (κ2) is 6.82. The van der Waals surface area contributed by atoms with Gasteiger partial charge in [0.05, 0.1) is 18.9 Å². The highest BCUT2D eigenvalue weighted by Gasteiger charge is 2.21. The maximum atomic E-state index is 5.52. The van der Waals surface area contributed by atoms with E-state index >= 15 is 0 Å². The first kappa shape index (κ1) is 14.2. The van der Waals surface area contributed by atoms with Crippen LogP contribution in [0.2, 0.25) is 0 Å². The van der Waals surface area contributed by atoms with Crippen LogP contribution in [0.1, 0.15) is 49.9 Å². The van der Waals surface area contributed by atoms with Gasteiger partial charge < -0.3 is 14.8 Å². The fourth-order valence-electron chi connectivity index (χ4n) is 2.24. The third-order valence-electron chi connectivity index (χ3n) is 3.33. The predicted molar refractivity (Wildman–Crippen MR) is 74.2 cm³/mol. The number of anilines is 1. The lowest BCUT2D eigenvalue weighted by Gasteiger charge is -2.22. The average molecular weight is 265 g/mol. The minimum Gasteiger partial charge on any atom is -0.376 e. The zero-order chi connectivity index (χ0) is 13.7. The molecule has 0 bridgehead atoms. The van der Waals surface area contributed by atoms with E-state index in [-0.39, 0.29) is 6.10 Å². The van der Waals surface area contributed by atoms with Crippen LogP contribution in [0.3, 0.4) is 0 Å². The van der Waals surface area contributed by atoms with E-state index in [0.29, 0.717) is 6.61 Å². The first-order valence-electron chi connectivity index (χ1n) is 7.04. The molecule has 1 aliphatic rings. The summed E-state index contributed by atoms with van der Waals surface area (Å²) < 4.78 is 11.0. The third kappa shape index (κ3) is 3.22. The molecule has 5 nitrogen and oxygen atoms in total. The number of hydrogen-bond donors (Lipinski definition) is 1. The Morgan fingerprint density at radius 1 is 1.37 bits per heavy atom. The smallest absolute Gasteiger partial charge is 0.159 e. The summed E-state index contributed by atoms with van der Waals surface area (Å²) in [7, 11) is 1.71. The standard InChI is InChI=1S/C14H23N3O2/c1-4-7-15-13-10-9-19-8-6-11(10)16-14(17-13)12(5-2)18-3/h12H,4-9H2,1-3H3,(H,15,16,17). The lowest BCUT2D eigenvalue weighted by Crippen LogP contribution is -2.20. The van der Waals surface area contributed by atoms with Crippen molar-refractivity contribution < 1.29 is 9.47 Å². The Kier molecular flexibility index (Phi) is 5.10. The van der Waals surface area contributed by atoms with Crippen LogP contribution in [0, 0.1) is 0 Å². The van der Waals surface area contributed by atoms with Gasteiger partial charge in [-0.2, -0.15) is 0 Å². The van der Waals surface area contributed by atoms with Crippen molar-refractivity contribution in [2.24, 2.45) is 0 Å². The normalized spacial score (nSPS) is 15.9. The Hall–Kier alpha value is -1.20. The molecule has 0 fully saturated rings. The number of ether oxygens (including phenoxy) is 2. The molecule has 1 N–H and O–H groups in total. The highest BCUT2D eigenvalue weighted by Crippen LogP contribution is 2.26. The minimum atomic E-state index is -0.0321. The largest absolute Gasteiger partial charge is 0.376 e. The lowest BCUT2D eigenvalue weighted by atomic mass is 10.1. The first-order valence-corrected chi connectivity index (χ1v) is 7.04. The minimum absolute atomic E-state index is 0.0321. The van der Waals surface area contributed by atoms with E-state index in [9.17, 15) is 0 Å². The van der Waals surface area contributed by atoms with E-state index in [1.807, 2.05) is 0 Å². The maximum Gasteiger partial charge on any atom is 0.159 e. The highest BCUT2D eigenvalue weighted by molar-refractivity contribution is 5.47. The van der Waals surface area contributed by atoms with Crippen LogP contribution in [0.15, 0.2) is 0 Å². The summed E-state index contributed by atoms with van der Waals surface area (Å²) in [5.74, 6) is 1.70. The van der Waals surface area contributed by atoms with E-state index in [1.165, 1.54) is 0 Å². The number of methoxy groups -OCH3 is 1. The second-order valence-electron chi connectivity index (χ2n) is 4.72. The number of hydrogen-bond acceptors (Lipinski definition) is 5. The Balaban J connectivity index is 2.35. The molecular formula is C14H23N3O2. The van der Waals surface area contributed by atoms with Gasteiger partial charge in [-0.15, -0.1) is 0 Å². The summed E-state index contributed by atoms with van der Waals surface area (Å²) in [6.45, 7) is 6.47. The predicted octanol–water partition coefficient (Wildman–Crippen LogP) is 2.47. The molecule has 19 heavy (non-hydrogen) atoms. The van der Waals surface area contributed by atoms with Crippen LogP contribution in [0.4, 0.5) is 5.82 Å². The Labute approximate surface area is 114 Å². The number of fused-ring (bicyclic) bond motifs is 1. The van der Waals surface area contributed by atoms with Crippen LogP contribution in [-0.2, 0) is 22.5 Å². The average Bonchev–Trinajstić information content (AvgIpc) is 2.46. The van der Waals surface area contributed by atoms with Gasteiger partial charge in [-0.05, 0) is 12.8 Å². The van der Waals surface area contributed by atoms with Crippen molar-refractivity contribution in [1.82, 2.24) is 9.97 Å². The van der Waals surface area contributed by atoms with Crippen molar-refractivity contribution in [3.05, 3.63) is 17.1 Å². The van der Waals surface area contributed by atoms with Crippen molar-refractivity contribution >= 4 is 5.82 Å². The summed E-state index contributed by atoms with van der Waals surface area (Å²) >= 11 is 0. The fraction of sp³-hybridized carbons (Fsp3) is 0.714. The topological polar surface area (TPSA) is 56.3 Å². The van der Waals surface area contributed by atoms with Crippen molar-refractivity contribution in [2.75, 3.05) is 25.6 Å². The van der Waals surface area contributed by atoms with E-state index in [2.05, 4.69) is 29.1 Å². The number of aromatic nitrogens is 2. The molecule has 0 radical (unpaired) electrons. The van der Waals surface area contributed by atoms with E-state index < -0.39 is 0 Å². The number of rotatable bonds is 6. The molecule has 0 aromatic carbocycles. The molecule has 0 amide bonds. The van der Waals surface area contributed by atoms with Crippen molar-refractivity contribution in [2.45, 2.75) is 45.8 Å². The lowest BCUT2D eigenvalue weighted by molar-refractivity contribution is 0.0895. The highest BCUT2D eigenvalue weighted by atomic mass is 16.5. The second-order valence-corrected chi connectivity index (χ2v) is 4.72. The molecule has 0 aliphatic carbocycles. The zero-order valence-corrected chi connectivity index (χ0v) is 12.0. The summed E-state index contributed by atoms with van der Waals surface area (Å²) in [5, 5.41) is 3.38. The van der Waals surface area contributed by atoms with Gasteiger partial charge in [-0.1, -0.05) is 13.8 Å². The van der Waals surface area contributed by atoms with E-state index in [4.69, 9.17) is 9.47 Å². The summed E-state index contributed by atoms with van der Waals surface area (Å²) in [4.78, 5) is 9.31. The van der Waals surface area contributed by atoms with Gasteiger partial charge in [0.2, 0.25) is 0 Å². The van der Waals surface area contributed by atoms with Crippen molar-refractivity contribution in [1.29, 1.82) is 0 Å². The van der Waals surface area contributed by atoms with Gasteiger partial charge in [-0.3, -0.25) is 0 Å². The molecule has 1 aromatic rings. The molecule has 0 spiro atoms.